The molecule has 0 saturated carbocycles. The first-order valence-corrected chi connectivity index (χ1v) is 10.2. The van der Waals surface area contributed by atoms with Gasteiger partial charge in [-0.15, -0.1) is 16.5 Å². The highest BCUT2D eigenvalue weighted by Crippen LogP contribution is 2.30. The first-order chi connectivity index (χ1) is 13.9. The highest BCUT2D eigenvalue weighted by atomic mass is 35.5. The molecule has 0 bridgehead atoms. The van der Waals surface area contributed by atoms with Crippen LogP contribution in [0.2, 0.25) is 0 Å². The molecule has 29 heavy (non-hydrogen) atoms. The predicted molar refractivity (Wildman–Crippen MR) is 114 cm³/mol. The van der Waals surface area contributed by atoms with Gasteiger partial charge in [0.05, 0.1) is 29.1 Å². The number of nitroso groups, excluding NO2 is 1. The number of anilines is 2. The van der Waals surface area contributed by atoms with Crippen molar-refractivity contribution in [3.8, 4) is 0 Å². The van der Waals surface area contributed by atoms with Gasteiger partial charge < -0.3 is 20.9 Å². The average Bonchev–Trinajstić information content (AvgIpc) is 2.70. The van der Waals surface area contributed by atoms with E-state index >= 15 is 0 Å². The number of likely N-dealkylation sites (N-methyl/N-ethyl adjacent to an activating group) is 1. The lowest BCUT2D eigenvalue weighted by atomic mass is 9.99. The molecule has 0 aliphatic carbocycles. The molecule has 160 valence electrons. The van der Waals surface area contributed by atoms with Crippen LogP contribution in [0.4, 0.5) is 11.4 Å². The van der Waals surface area contributed by atoms with Crippen LogP contribution in [0, 0.1) is 17.7 Å². The van der Waals surface area contributed by atoms with Crippen LogP contribution >= 0.6 is 11.6 Å². The van der Waals surface area contributed by atoms with Gasteiger partial charge in [-0.05, 0) is 19.5 Å². The lowest BCUT2D eigenvalue weighted by Crippen LogP contribution is -2.62. The molecule has 3 rings (SSSR count). The van der Waals surface area contributed by atoms with Gasteiger partial charge in [0.25, 0.3) is 0 Å². The molecular weight excluding hydrogens is 396 g/mol. The van der Waals surface area contributed by atoms with E-state index in [4.69, 9.17) is 17.3 Å². The maximum Gasteiger partial charge on any atom is 0.234 e. The summed E-state index contributed by atoms with van der Waals surface area (Å²) < 4.78 is 0. The lowest BCUT2D eigenvalue weighted by Gasteiger charge is -2.37. The van der Waals surface area contributed by atoms with Crippen molar-refractivity contribution in [1.29, 1.82) is 0 Å². The third-order valence-corrected chi connectivity index (χ3v) is 5.76. The topological polar surface area (TPSA) is 128 Å². The zero-order valence-corrected chi connectivity index (χ0v) is 17.5. The number of aromatic nitrogens is 1. The van der Waals surface area contributed by atoms with Crippen LogP contribution in [0.15, 0.2) is 17.6 Å². The maximum atomic E-state index is 13.1. The van der Waals surface area contributed by atoms with E-state index in [1.807, 2.05) is 6.92 Å². The minimum Gasteiger partial charge on any atom is -0.367 e. The third-order valence-electron chi connectivity index (χ3n) is 5.45. The average molecular weight is 425 g/mol. The number of piperazine rings is 1. The Hall–Kier alpha value is -1.85. The van der Waals surface area contributed by atoms with Gasteiger partial charge in [-0.2, -0.15) is 0 Å². The molecule has 2 aliphatic heterocycles. The number of rotatable bonds is 6. The number of nitrogens with one attached hydrogen (secondary N) is 3. The largest absolute Gasteiger partial charge is 0.367 e. The number of nitrogens with two attached hydrogens (primary N) is 1. The van der Waals surface area contributed by atoms with E-state index in [0.29, 0.717) is 18.8 Å². The van der Waals surface area contributed by atoms with E-state index in [9.17, 15) is 9.70 Å². The van der Waals surface area contributed by atoms with Crippen molar-refractivity contribution in [2.45, 2.75) is 24.6 Å². The number of carbonyl (C=O) groups is 1. The van der Waals surface area contributed by atoms with Gasteiger partial charge in [0.2, 0.25) is 5.91 Å². The summed E-state index contributed by atoms with van der Waals surface area (Å²) in [5.41, 5.74) is 8.40. The summed E-state index contributed by atoms with van der Waals surface area (Å²) in [5.74, 6) is -1.28. The Balaban J connectivity index is 1.81. The molecule has 2 fully saturated rings. The molecular formula is C18H29ClN8O2. The Morgan fingerprint density at radius 2 is 1.97 bits per heavy atom. The predicted octanol–water partition coefficient (Wildman–Crippen LogP) is -0.126. The molecule has 1 aromatic heterocycles. The molecule has 1 aromatic rings. The third kappa shape index (κ3) is 5.20. The number of hydrogen-bond donors (Lipinski definition) is 4. The highest BCUT2D eigenvalue weighted by molar-refractivity contribution is 6.21. The van der Waals surface area contributed by atoms with Gasteiger partial charge in [-0.25, -0.2) is 0 Å². The summed E-state index contributed by atoms with van der Waals surface area (Å²) in [7, 11) is 2.09. The number of alkyl halides is 1. The zero-order valence-electron chi connectivity index (χ0n) is 16.8. The van der Waals surface area contributed by atoms with Gasteiger partial charge in [0.15, 0.2) is 6.17 Å². The smallest absolute Gasteiger partial charge is 0.234 e. The Morgan fingerprint density at radius 3 is 2.59 bits per heavy atom. The van der Waals surface area contributed by atoms with Crippen molar-refractivity contribution in [2.24, 2.45) is 16.8 Å². The first-order valence-electron chi connectivity index (χ1n) is 9.78. The van der Waals surface area contributed by atoms with Crippen LogP contribution in [-0.2, 0) is 4.79 Å². The van der Waals surface area contributed by atoms with Crippen LogP contribution in [0.25, 0.3) is 0 Å². The highest BCUT2D eigenvalue weighted by Gasteiger charge is 2.37. The second-order valence-corrected chi connectivity index (χ2v) is 8.26. The van der Waals surface area contributed by atoms with Crippen LogP contribution in [0.3, 0.4) is 0 Å². The van der Waals surface area contributed by atoms with Crippen molar-refractivity contribution in [2.75, 3.05) is 56.5 Å². The van der Waals surface area contributed by atoms with E-state index in [1.54, 1.807) is 12.4 Å². The quantitative estimate of drug-likeness (QED) is 0.367. The molecule has 0 spiro atoms. The van der Waals surface area contributed by atoms with Crippen LogP contribution in [0.5, 0.6) is 0 Å². The number of nitrogens with zero attached hydrogens (tertiary/aromatic N) is 4. The minimum absolute atomic E-state index is 0.0971. The maximum absolute atomic E-state index is 13.1. The standard InChI is InChI=1S/C18H29ClN8O2/c1-11-7-21-10-13(15(11)27-5-3-26(2)4-6-27)24-18(28)14(16(20)25-29)17-22-8-12(19)9-23-17/h7,10,12,14,16-17,22-23H,3-6,8-9,20H2,1-2H3,(H,24,28). The summed E-state index contributed by atoms with van der Waals surface area (Å²) in [4.78, 5) is 33.0. The Bertz CT molecular complexity index is 720. The van der Waals surface area contributed by atoms with Crippen molar-refractivity contribution < 1.29 is 4.79 Å². The molecule has 2 saturated heterocycles. The van der Waals surface area contributed by atoms with Gasteiger partial charge in [-0.1, -0.05) is 5.18 Å². The van der Waals surface area contributed by atoms with Gasteiger partial charge in [-0.3, -0.25) is 20.4 Å². The van der Waals surface area contributed by atoms with Crippen molar-refractivity contribution in [1.82, 2.24) is 20.5 Å². The van der Waals surface area contributed by atoms with Crippen molar-refractivity contribution in [3.05, 3.63) is 22.9 Å². The van der Waals surface area contributed by atoms with E-state index in [1.165, 1.54) is 0 Å². The van der Waals surface area contributed by atoms with Crippen molar-refractivity contribution in [3.63, 3.8) is 0 Å². The molecule has 1 amide bonds. The molecule has 2 atom stereocenters. The van der Waals surface area contributed by atoms with E-state index < -0.39 is 24.2 Å². The van der Waals surface area contributed by atoms with Gasteiger partial charge in [0, 0.05) is 45.5 Å². The molecule has 10 nitrogen and oxygen atoms in total. The number of pyridine rings is 1. The van der Waals surface area contributed by atoms with Crippen LogP contribution in [0.1, 0.15) is 5.56 Å². The molecule has 5 N–H and O–H groups in total. The fraction of sp³-hybridized carbons (Fsp3) is 0.667. The van der Waals surface area contributed by atoms with Crippen LogP contribution in [-0.4, -0.2) is 79.8 Å². The minimum atomic E-state index is -1.20. The number of aryl methyl sites for hydroxylation is 1. The Morgan fingerprint density at radius 1 is 1.31 bits per heavy atom. The zero-order chi connectivity index (χ0) is 21.0. The summed E-state index contributed by atoms with van der Waals surface area (Å²) in [6.45, 7) is 6.57. The monoisotopic (exact) mass is 424 g/mol. The summed E-state index contributed by atoms with van der Waals surface area (Å²) in [6.07, 6.45) is 1.72. The molecule has 2 aliphatic rings. The van der Waals surface area contributed by atoms with Crippen molar-refractivity contribution >= 4 is 28.9 Å². The molecule has 0 radical (unpaired) electrons. The van der Waals surface area contributed by atoms with E-state index in [-0.39, 0.29) is 5.38 Å². The Labute approximate surface area is 175 Å². The molecule has 2 unspecified atom stereocenters. The fourth-order valence-electron chi connectivity index (χ4n) is 3.79. The molecule has 0 aromatic carbocycles. The molecule has 3 heterocycles. The van der Waals surface area contributed by atoms with Gasteiger partial charge >= 0.3 is 0 Å². The van der Waals surface area contributed by atoms with Crippen LogP contribution < -0.4 is 26.6 Å². The number of halogens is 1. The number of amides is 1. The second kappa shape index (κ2) is 9.77. The normalized spacial score (nSPS) is 25.3. The summed E-state index contributed by atoms with van der Waals surface area (Å²) >= 11 is 6.08. The lowest BCUT2D eigenvalue weighted by molar-refractivity contribution is -0.121. The summed E-state index contributed by atoms with van der Waals surface area (Å²) in [5, 5.41) is 12.0. The fourth-order valence-corrected chi connectivity index (χ4v) is 3.97. The number of carbonyl (C=O) groups excluding carboxylic acids is 1. The van der Waals surface area contributed by atoms with E-state index in [2.05, 4.69) is 43.0 Å². The number of hydrogen-bond acceptors (Lipinski definition) is 9. The summed E-state index contributed by atoms with van der Waals surface area (Å²) in [6, 6.07) is 0. The Kier molecular flexibility index (Phi) is 7.36. The molecule has 11 heteroatoms. The van der Waals surface area contributed by atoms with E-state index in [0.717, 1.165) is 37.4 Å². The second-order valence-electron chi connectivity index (χ2n) is 7.65. The van der Waals surface area contributed by atoms with Gasteiger partial charge in [0.1, 0.15) is 5.92 Å². The SMILES string of the molecule is Cc1cncc(NC(=O)C(C(N)N=O)C2NCC(Cl)CN2)c1N1CCN(C)CC1. The first kappa shape index (κ1) is 21.8.